The van der Waals surface area contributed by atoms with Gasteiger partial charge in [-0.05, 0) is 24.3 Å². The number of carboxylic acids is 1. The molecule has 6 nitrogen and oxygen atoms in total. The van der Waals surface area contributed by atoms with Crippen molar-refractivity contribution in [1.29, 1.82) is 0 Å². The van der Waals surface area contributed by atoms with Crippen LogP contribution in [0.5, 0.6) is 11.5 Å². The number of hydrogen-bond acceptors (Lipinski definition) is 4. The lowest BCUT2D eigenvalue weighted by Crippen LogP contribution is -2.30. The summed E-state index contributed by atoms with van der Waals surface area (Å²) in [5.74, 6) is 0.340. The topological polar surface area (TPSA) is 76.1 Å². The number of methoxy groups -OCH3 is 1. The molecule has 0 spiro atoms. The maximum absolute atomic E-state index is 11.7. The van der Waals surface area contributed by atoms with Gasteiger partial charge in [-0.2, -0.15) is 0 Å². The van der Waals surface area contributed by atoms with Crippen LogP contribution in [0.25, 0.3) is 0 Å². The van der Waals surface area contributed by atoms with Crippen molar-refractivity contribution in [2.24, 2.45) is 0 Å². The van der Waals surface area contributed by atoms with Crippen molar-refractivity contribution in [3.8, 4) is 11.5 Å². The lowest BCUT2D eigenvalue weighted by Gasteiger charge is -2.16. The molecule has 0 aliphatic rings. The molecule has 0 aromatic heterocycles. The van der Waals surface area contributed by atoms with Gasteiger partial charge >= 0.3 is 5.97 Å². The van der Waals surface area contributed by atoms with E-state index in [1.165, 1.54) is 4.90 Å². The number of carboxylic acid groups (broad SMARTS) is 1. The highest BCUT2D eigenvalue weighted by molar-refractivity contribution is 5.76. The summed E-state index contributed by atoms with van der Waals surface area (Å²) in [7, 11) is 3.17. The van der Waals surface area contributed by atoms with Crippen LogP contribution in [0.4, 0.5) is 0 Å². The number of amides is 1. The van der Waals surface area contributed by atoms with Crippen molar-refractivity contribution < 1.29 is 24.2 Å². The van der Waals surface area contributed by atoms with Gasteiger partial charge in [0, 0.05) is 13.6 Å². The van der Waals surface area contributed by atoms with Crippen LogP contribution in [-0.4, -0.2) is 49.2 Å². The van der Waals surface area contributed by atoms with E-state index in [1.54, 1.807) is 38.4 Å². The first kappa shape index (κ1) is 15.8. The van der Waals surface area contributed by atoms with Gasteiger partial charge in [0.15, 0.2) is 0 Å². The van der Waals surface area contributed by atoms with E-state index in [9.17, 15) is 9.59 Å². The van der Waals surface area contributed by atoms with E-state index in [1.807, 2.05) is 0 Å². The first-order chi connectivity index (χ1) is 9.52. The minimum atomic E-state index is -0.917. The number of hydrogen-bond donors (Lipinski definition) is 1. The second-order valence-corrected chi connectivity index (χ2v) is 4.23. The molecule has 0 heterocycles. The van der Waals surface area contributed by atoms with Crippen LogP contribution in [0.15, 0.2) is 24.3 Å². The normalized spacial score (nSPS) is 9.90. The Labute approximate surface area is 117 Å². The largest absolute Gasteiger partial charge is 0.497 e. The fourth-order valence-corrected chi connectivity index (χ4v) is 1.51. The zero-order valence-corrected chi connectivity index (χ0v) is 11.7. The van der Waals surface area contributed by atoms with Crippen molar-refractivity contribution in [3.63, 3.8) is 0 Å². The Morgan fingerprint density at radius 1 is 1.15 bits per heavy atom. The predicted octanol–water partition coefficient (Wildman–Crippen LogP) is 1.40. The van der Waals surface area contributed by atoms with Gasteiger partial charge in [0.25, 0.3) is 0 Å². The third-order valence-electron chi connectivity index (χ3n) is 2.73. The second-order valence-electron chi connectivity index (χ2n) is 4.23. The molecule has 0 saturated carbocycles. The molecule has 1 amide bonds. The molecule has 0 atom stereocenters. The zero-order valence-electron chi connectivity index (χ0n) is 11.7. The fourth-order valence-electron chi connectivity index (χ4n) is 1.51. The summed E-state index contributed by atoms with van der Waals surface area (Å²) in [6.45, 7) is 0.458. The number of rotatable bonds is 8. The van der Waals surface area contributed by atoms with E-state index >= 15 is 0 Å². The number of ether oxygens (including phenoxy) is 2. The molecular formula is C14H19NO5. The molecule has 1 aromatic rings. The number of carbonyl (C=O) groups excluding carboxylic acids is 1. The van der Waals surface area contributed by atoms with E-state index in [2.05, 4.69) is 0 Å². The molecule has 0 radical (unpaired) electrons. The van der Waals surface area contributed by atoms with Gasteiger partial charge in [0.05, 0.1) is 26.6 Å². The highest BCUT2D eigenvalue weighted by Gasteiger charge is 2.10. The monoisotopic (exact) mass is 281 g/mol. The van der Waals surface area contributed by atoms with Crippen molar-refractivity contribution in [1.82, 2.24) is 4.90 Å². The SMILES string of the molecule is COc1ccc(OCCC(=O)N(C)CCC(=O)O)cc1. The third-order valence-corrected chi connectivity index (χ3v) is 2.73. The summed E-state index contributed by atoms with van der Waals surface area (Å²) < 4.78 is 10.5. The van der Waals surface area contributed by atoms with Crippen LogP contribution in [0.1, 0.15) is 12.8 Å². The molecule has 20 heavy (non-hydrogen) atoms. The first-order valence-electron chi connectivity index (χ1n) is 6.25. The summed E-state index contributed by atoms with van der Waals surface area (Å²) in [5, 5.41) is 8.54. The van der Waals surface area contributed by atoms with E-state index in [-0.39, 0.29) is 31.9 Å². The molecule has 110 valence electrons. The Morgan fingerprint density at radius 3 is 2.30 bits per heavy atom. The quantitative estimate of drug-likeness (QED) is 0.779. The average molecular weight is 281 g/mol. The molecule has 0 aliphatic carbocycles. The Hall–Kier alpha value is -2.24. The highest BCUT2D eigenvalue weighted by atomic mass is 16.5. The molecule has 1 aromatic carbocycles. The Balaban J connectivity index is 2.28. The Kier molecular flexibility index (Phi) is 6.36. The smallest absolute Gasteiger partial charge is 0.305 e. The van der Waals surface area contributed by atoms with Crippen molar-refractivity contribution in [2.45, 2.75) is 12.8 Å². The minimum absolute atomic E-state index is 0.0540. The lowest BCUT2D eigenvalue weighted by atomic mass is 10.3. The van der Waals surface area contributed by atoms with Gasteiger partial charge in [0.2, 0.25) is 5.91 Å². The van der Waals surface area contributed by atoms with Crippen molar-refractivity contribution >= 4 is 11.9 Å². The Bertz CT molecular complexity index is 443. The van der Waals surface area contributed by atoms with E-state index < -0.39 is 5.97 Å². The Morgan fingerprint density at radius 2 is 1.75 bits per heavy atom. The molecular weight excluding hydrogens is 262 g/mol. The lowest BCUT2D eigenvalue weighted by molar-refractivity contribution is -0.138. The van der Waals surface area contributed by atoms with Gasteiger partial charge in [-0.1, -0.05) is 0 Å². The van der Waals surface area contributed by atoms with Crippen LogP contribution in [0.3, 0.4) is 0 Å². The van der Waals surface area contributed by atoms with Gasteiger partial charge in [0.1, 0.15) is 11.5 Å². The number of benzene rings is 1. The molecule has 1 N–H and O–H groups in total. The zero-order chi connectivity index (χ0) is 15.0. The standard InChI is InChI=1S/C14H19NO5/c1-15(9-7-14(17)18)13(16)8-10-20-12-5-3-11(19-2)4-6-12/h3-6H,7-10H2,1-2H3,(H,17,18). The highest BCUT2D eigenvalue weighted by Crippen LogP contribution is 2.17. The van der Waals surface area contributed by atoms with Crippen molar-refractivity contribution in [3.05, 3.63) is 24.3 Å². The van der Waals surface area contributed by atoms with Gasteiger partial charge < -0.3 is 19.5 Å². The molecule has 0 aliphatic heterocycles. The summed E-state index contributed by atoms with van der Waals surface area (Å²) in [6.07, 6.45) is 0.156. The molecule has 0 saturated heterocycles. The maximum Gasteiger partial charge on any atom is 0.305 e. The van der Waals surface area contributed by atoms with Crippen LogP contribution in [0, 0.1) is 0 Å². The first-order valence-corrected chi connectivity index (χ1v) is 6.25. The molecule has 1 rings (SSSR count). The van der Waals surface area contributed by atoms with Gasteiger partial charge in [-0.3, -0.25) is 9.59 Å². The molecule has 6 heteroatoms. The predicted molar refractivity (Wildman–Crippen MR) is 73.0 cm³/mol. The number of nitrogens with zero attached hydrogens (tertiary/aromatic N) is 1. The summed E-state index contributed by atoms with van der Waals surface area (Å²) >= 11 is 0. The van der Waals surface area contributed by atoms with E-state index in [0.29, 0.717) is 5.75 Å². The van der Waals surface area contributed by atoms with Gasteiger partial charge in [-0.15, -0.1) is 0 Å². The molecule has 0 bridgehead atoms. The van der Waals surface area contributed by atoms with Crippen LogP contribution >= 0.6 is 0 Å². The third kappa shape index (κ3) is 5.60. The number of aliphatic carboxylic acids is 1. The number of carbonyl (C=O) groups is 2. The average Bonchev–Trinajstić information content (AvgIpc) is 2.45. The van der Waals surface area contributed by atoms with Gasteiger partial charge in [-0.25, -0.2) is 0 Å². The second kappa shape index (κ2) is 8.04. The summed E-state index contributed by atoms with van der Waals surface area (Å²) in [4.78, 5) is 23.5. The molecule has 0 fully saturated rings. The van der Waals surface area contributed by atoms with E-state index in [0.717, 1.165) is 5.75 Å². The fraction of sp³-hybridized carbons (Fsp3) is 0.429. The summed E-state index contributed by atoms with van der Waals surface area (Å²) in [5.41, 5.74) is 0. The molecule has 0 unspecified atom stereocenters. The van der Waals surface area contributed by atoms with Crippen molar-refractivity contribution in [2.75, 3.05) is 27.3 Å². The van der Waals surface area contributed by atoms with Crippen LogP contribution in [-0.2, 0) is 9.59 Å². The summed E-state index contributed by atoms with van der Waals surface area (Å²) in [6, 6.07) is 7.07. The maximum atomic E-state index is 11.7. The van der Waals surface area contributed by atoms with E-state index in [4.69, 9.17) is 14.6 Å². The van der Waals surface area contributed by atoms with Crippen LogP contribution < -0.4 is 9.47 Å². The minimum Gasteiger partial charge on any atom is -0.497 e. The van der Waals surface area contributed by atoms with Crippen LogP contribution in [0.2, 0.25) is 0 Å².